The molecule has 5 rings (SSSR count). The van der Waals surface area contributed by atoms with Crippen LogP contribution in [0, 0.1) is 13.8 Å². The Bertz CT molecular complexity index is 1310. The third kappa shape index (κ3) is 2.53. The molecule has 0 radical (unpaired) electrons. The standard InChI is InChI=1S/C26H22N2/c1-17-18(2)28(3)26-16-23-22(19-10-6-4-7-11-19)15-24(20-12-8-5-9-13-20)27-25(23)14-21(17)26/h4-16H,1-3H3. The van der Waals surface area contributed by atoms with Gasteiger partial charge >= 0.3 is 0 Å². The van der Waals surface area contributed by atoms with Crippen molar-refractivity contribution in [3.8, 4) is 22.4 Å². The van der Waals surface area contributed by atoms with Crippen LogP contribution < -0.4 is 0 Å². The van der Waals surface area contributed by atoms with Crippen LogP contribution in [0.2, 0.25) is 0 Å². The van der Waals surface area contributed by atoms with E-state index in [1.807, 2.05) is 6.07 Å². The molecule has 2 nitrogen and oxygen atoms in total. The number of nitrogens with zero attached hydrogens (tertiary/aromatic N) is 2. The van der Waals surface area contributed by atoms with Crippen molar-refractivity contribution in [1.82, 2.24) is 9.55 Å². The fraction of sp³-hybridized carbons (Fsp3) is 0.115. The van der Waals surface area contributed by atoms with Gasteiger partial charge in [-0.2, -0.15) is 0 Å². The molecule has 5 aromatic rings. The first-order valence-electron chi connectivity index (χ1n) is 9.65. The van der Waals surface area contributed by atoms with Crippen LogP contribution in [-0.2, 0) is 7.05 Å². The molecule has 0 fully saturated rings. The van der Waals surface area contributed by atoms with Crippen molar-refractivity contribution in [1.29, 1.82) is 0 Å². The smallest absolute Gasteiger partial charge is 0.0723 e. The number of hydrogen-bond donors (Lipinski definition) is 0. The molecule has 0 atom stereocenters. The summed E-state index contributed by atoms with van der Waals surface area (Å²) in [5, 5.41) is 2.48. The van der Waals surface area contributed by atoms with Crippen LogP contribution in [0.1, 0.15) is 11.3 Å². The lowest BCUT2D eigenvalue weighted by Gasteiger charge is -2.11. The summed E-state index contributed by atoms with van der Waals surface area (Å²) in [5.74, 6) is 0. The van der Waals surface area contributed by atoms with Gasteiger partial charge in [0.1, 0.15) is 0 Å². The molecule has 0 saturated carbocycles. The predicted octanol–water partition coefficient (Wildman–Crippen LogP) is 6.68. The van der Waals surface area contributed by atoms with Crippen molar-refractivity contribution in [2.75, 3.05) is 0 Å². The Hall–Kier alpha value is -3.39. The zero-order valence-electron chi connectivity index (χ0n) is 16.4. The molecule has 0 bridgehead atoms. The number of aromatic nitrogens is 2. The molecule has 2 heterocycles. The molecule has 0 amide bonds. The van der Waals surface area contributed by atoms with Gasteiger partial charge in [-0.05, 0) is 48.7 Å². The lowest BCUT2D eigenvalue weighted by Crippen LogP contribution is -1.92. The Labute approximate surface area is 165 Å². The van der Waals surface area contributed by atoms with Crippen molar-refractivity contribution in [3.63, 3.8) is 0 Å². The Balaban J connectivity index is 1.91. The van der Waals surface area contributed by atoms with Gasteiger partial charge in [0.2, 0.25) is 0 Å². The SMILES string of the molecule is Cc1c(C)n(C)c2cc3c(-c4ccccc4)cc(-c4ccccc4)nc3cc12. The van der Waals surface area contributed by atoms with E-state index in [-0.39, 0.29) is 0 Å². The second-order valence-corrected chi connectivity index (χ2v) is 7.44. The number of fused-ring (bicyclic) bond motifs is 2. The maximum Gasteiger partial charge on any atom is 0.0723 e. The first kappa shape index (κ1) is 16.8. The molecular formula is C26H22N2. The molecule has 0 aliphatic carbocycles. The highest BCUT2D eigenvalue weighted by Gasteiger charge is 2.14. The summed E-state index contributed by atoms with van der Waals surface area (Å²) in [5.41, 5.74) is 9.52. The zero-order valence-corrected chi connectivity index (χ0v) is 16.4. The summed E-state index contributed by atoms with van der Waals surface area (Å²) < 4.78 is 2.28. The Kier molecular flexibility index (Phi) is 3.80. The minimum absolute atomic E-state index is 1.01. The molecule has 0 unspecified atom stereocenters. The largest absolute Gasteiger partial charge is 0.348 e. The summed E-state index contributed by atoms with van der Waals surface area (Å²) in [6, 6.07) is 27.8. The van der Waals surface area contributed by atoms with Crippen LogP contribution in [0.25, 0.3) is 44.2 Å². The molecule has 0 aliphatic heterocycles. The van der Waals surface area contributed by atoms with Gasteiger partial charge < -0.3 is 4.57 Å². The van der Waals surface area contributed by atoms with Crippen molar-refractivity contribution < 1.29 is 0 Å². The van der Waals surface area contributed by atoms with Crippen molar-refractivity contribution in [3.05, 3.63) is 90.1 Å². The normalized spacial score (nSPS) is 11.4. The Morgan fingerprint density at radius 3 is 2.04 bits per heavy atom. The molecule has 28 heavy (non-hydrogen) atoms. The molecule has 136 valence electrons. The van der Waals surface area contributed by atoms with Gasteiger partial charge in [-0.1, -0.05) is 60.7 Å². The second-order valence-electron chi connectivity index (χ2n) is 7.44. The third-order valence-corrected chi connectivity index (χ3v) is 5.89. The third-order valence-electron chi connectivity index (χ3n) is 5.89. The quantitative estimate of drug-likeness (QED) is 0.342. The summed E-state index contributed by atoms with van der Waals surface area (Å²) in [4.78, 5) is 5.05. The van der Waals surface area contributed by atoms with E-state index < -0.39 is 0 Å². The van der Waals surface area contributed by atoms with Crippen molar-refractivity contribution >= 4 is 21.8 Å². The van der Waals surface area contributed by atoms with E-state index in [2.05, 4.69) is 98.3 Å². The van der Waals surface area contributed by atoms with Crippen LogP contribution in [-0.4, -0.2) is 9.55 Å². The molecule has 0 saturated heterocycles. The summed E-state index contributed by atoms with van der Waals surface area (Å²) >= 11 is 0. The highest BCUT2D eigenvalue weighted by atomic mass is 14.9. The molecule has 0 aliphatic rings. The van der Waals surface area contributed by atoms with Crippen LogP contribution in [0.4, 0.5) is 0 Å². The lowest BCUT2D eigenvalue weighted by atomic mass is 9.97. The van der Waals surface area contributed by atoms with E-state index in [1.54, 1.807) is 0 Å². The van der Waals surface area contributed by atoms with Crippen LogP contribution in [0.15, 0.2) is 78.9 Å². The topological polar surface area (TPSA) is 17.8 Å². The monoisotopic (exact) mass is 362 g/mol. The van der Waals surface area contributed by atoms with Gasteiger partial charge in [0, 0.05) is 34.6 Å². The molecule has 0 N–H and O–H groups in total. The molecular weight excluding hydrogens is 340 g/mol. The first-order valence-corrected chi connectivity index (χ1v) is 9.65. The molecule has 2 aromatic heterocycles. The minimum Gasteiger partial charge on any atom is -0.348 e. The average Bonchev–Trinajstić information content (AvgIpc) is 2.96. The van der Waals surface area contributed by atoms with E-state index in [1.165, 1.54) is 38.7 Å². The van der Waals surface area contributed by atoms with Gasteiger partial charge in [-0.15, -0.1) is 0 Å². The van der Waals surface area contributed by atoms with Gasteiger partial charge in [-0.25, -0.2) is 4.98 Å². The number of hydrogen-bond acceptors (Lipinski definition) is 1. The Morgan fingerprint density at radius 1 is 0.714 bits per heavy atom. The highest BCUT2D eigenvalue weighted by Crippen LogP contribution is 2.36. The minimum atomic E-state index is 1.01. The van der Waals surface area contributed by atoms with Crippen LogP contribution >= 0.6 is 0 Å². The first-order chi connectivity index (χ1) is 13.6. The highest BCUT2D eigenvalue weighted by molar-refractivity contribution is 6.05. The maximum atomic E-state index is 5.05. The number of aryl methyl sites for hydroxylation is 2. The van der Waals surface area contributed by atoms with E-state index in [4.69, 9.17) is 4.98 Å². The van der Waals surface area contributed by atoms with E-state index >= 15 is 0 Å². The van der Waals surface area contributed by atoms with Gasteiger partial charge in [0.15, 0.2) is 0 Å². The van der Waals surface area contributed by atoms with E-state index in [0.29, 0.717) is 0 Å². The Morgan fingerprint density at radius 2 is 1.36 bits per heavy atom. The zero-order chi connectivity index (χ0) is 19.3. The van der Waals surface area contributed by atoms with Gasteiger partial charge in [-0.3, -0.25) is 0 Å². The molecule has 0 spiro atoms. The number of rotatable bonds is 2. The summed E-state index contributed by atoms with van der Waals surface area (Å²) in [7, 11) is 2.14. The average molecular weight is 362 g/mol. The van der Waals surface area contributed by atoms with Crippen molar-refractivity contribution in [2.45, 2.75) is 13.8 Å². The molecule has 3 aromatic carbocycles. The molecule has 2 heteroatoms. The van der Waals surface area contributed by atoms with Crippen LogP contribution in [0.3, 0.4) is 0 Å². The predicted molar refractivity (Wildman–Crippen MR) is 119 cm³/mol. The summed E-state index contributed by atoms with van der Waals surface area (Å²) in [6.07, 6.45) is 0. The number of benzene rings is 3. The second kappa shape index (κ2) is 6.35. The lowest BCUT2D eigenvalue weighted by molar-refractivity contribution is 0.911. The maximum absolute atomic E-state index is 5.05. The van der Waals surface area contributed by atoms with E-state index in [9.17, 15) is 0 Å². The fourth-order valence-electron chi connectivity index (χ4n) is 4.08. The number of pyridine rings is 1. The van der Waals surface area contributed by atoms with Crippen molar-refractivity contribution in [2.24, 2.45) is 7.05 Å². The van der Waals surface area contributed by atoms with Gasteiger partial charge in [0.05, 0.1) is 11.2 Å². The van der Waals surface area contributed by atoms with E-state index in [0.717, 1.165) is 16.8 Å². The fourth-order valence-corrected chi connectivity index (χ4v) is 4.08. The summed E-state index contributed by atoms with van der Waals surface area (Å²) in [6.45, 7) is 4.38. The van der Waals surface area contributed by atoms with Gasteiger partial charge in [0.25, 0.3) is 0 Å². The van der Waals surface area contributed by atoms with Crippen LogP contribution in [0.5, 0.6) is 0 Å².